The summed E-state index contributed by atoms with van der Waals surface area (Å²) in [7, 11) is 0. The van der Waals surface area contributed by atoms with Gasteiger partial charge in [-0.2, -0.15) is 0 Å². The molecule has 9 heavy (non-hydrogen) atoms. The van der Waals surface area contributed by atoms with E-state index in [1.807, 2.05) is 6.92 Å². The van der Waals surface area contributed by atoms with Gasteiger partial charge in [-0.25, -0.2) is 0 Å². The zero-order valence-corrected chi connectivity index (χ0v) is 6.39. The average molecular weight is 132 g/mol. The SMILES string of the molecule is CC[C@@H](CO)C(C)(C)O. The zero-order chi connectivity index (χ0) is 7.49. The van der Waals surface area contributed by atoms with Crippen molar-refractivity contribution in [1.82, 2.24) is 0 Å². The second-order valence-corrected chi connectivity index (χ2v) is 2.94. The van der Waals surface area contributed by atoms with Gasteiger partial charge >= 0.3 is 0 Å². The highest BCUT2D eigenvalue weighted by molar-refractivity contribution is 4.74. The topological polar surface area (TPSA) is 40.5 Å². The van der Waals surface area contributed by atoms with Crippen LogP contribution in [0.3, 0.4) is 0 Å². The highest BCUT2D eigenvalue weighted by Crippen LogP contribution is 2.18. The lowest BCUT2D eigenvalue weighted by molar-refractivity contribution is -0.00992. The molecule has 0 saturated heterocycles. The molecule has 0 amide bonds. The van der Waals surface area contributed by atoms with Crippen LogP contribution in [0.5, 0.6) is 0 Å². The first-order chi connectivity index (χ1) is 4.02. The lowest BCUT2D eigenvalue weighted by atomic mass is 9.90. The third-order valence-electron chi connectivity index (χ3n) is 1.71. The number of aliphatic hydroxyl groups excluding tert-OH is 1. The normalized spacial score (nSPS) is 15.7. The van der Waals surface area contributed by atoms with Gasteiger partial charge < -0.3 is 10.2 Å². The molecular weight excluding hydrogens is 116 g/mol. The highest BCUT2D eigenvalue weighted by Gasteiger charge is 2.23. The summed E-state index contributed by atoms with van der Waals surface area (Å²) in [5.41, 5.74) is -0.733. The van der Waals surface area contributed by atoms with Gasteiger partial charge in [0.1, 0.15) is 0 Å². The third-order valence-corrected chi connectivity index (χ3v) is 1.71. The molecule has 0 radical (unpaired) electrons. The summed E-state index contributed by atoms with van der Waals surface area (Å²) in [6.45, 7) is 5.47. The molecule has 2 nitrogen and oxygen atoms in total. The van der Waals surface area contributed by atoms with Crippen LogP contribution in [0, 0.1) is 5.92 Å². The Morgan fingerprint density at radius 2 is 1.89 bits per heavy atom. The third kappa shape index (κ3) is 2.82. The van der Waals surface area contributed by atoms with E-state index in [2.05, 4.69) is 0 Å². The van der Waals surface area contributed by atoms with Gasteiger partial charge in [0.15, 0.2) is 0 Å². The Labute approximate surface area is 56.5 Å². The molecule has 0 heterocycles. The molecule has 2 heteroatoms. The molecule has 0 rings (SSSR count). The first kappa shape index (κ1) is 8.92. The average Bonchev–Trinajstić information content (AvgIpc) is 1.65. The van der Waals surface area contributed by atoms with Crippen LogP contribution in [0.25, 0.3) is 0 Å². The second kappa shape index (κ2) is 3.18. The van der Waals surface area contributed by atoms with Crippen LogP contribution in [0.2, 0.25) is 0 Å². The predicted molar refractivity (Wildman–Crippen MR) is 37.2 cm³/mol. The van der Waals surface area contributed by atoms with Gasteiger partial charge in [-0.1, -0.05) is 6.92 Å². The molecule has 0 unspecified atom stereocenters. The fourth-order valence-corrected chi connectivity index (χ4v) is 0.852. The van der Waals surface area contributed by atoms with Gasteiger partial charge in [-0.3, -0.25) is 0 Å². The maximum Gasteiger partial charge on any atom is 0.0641 e. The Balaban J connectivity index is 3.79. The lowest BCUT2D eigenvalue weighted by Crippen LogP contribution is -2.32. The Kier molecular flexibility index (Phi) is 3.15. The molecule has 0 aromatic rings. The molecule has 0 aliphatic heterocycles. The summed E-state index contributed by atoms with van der Waals surface area (Å²) in [6.07, 6.45) is 0.819. The van der Waals surface area contributed by atoms with Gasteiger partial charge in [0.2, 0.25) is 0 Å². The predicted octanol–water partition coefficient (Wildman–Crippen LogP) is 0.776. The second-order valence-electron chi connectivity index (χ2n) is 2.94. The molecular formula is C7H16O2. The Hall–Kier alpha value is -0.0800. The maximum absolute atomic E-state index is 9.32. The van der Waals surface area contributed by atoms with Gasteiger partial charge in [-0.05, 0) is 20.3 Å². The van der Waals surface area contributed by atoms with Crippen LogP contribution >= 0.6 is 0 Å². The van der Waals surface area contributed by atoms with E-state index in [9.17, 15) is 5.11 Å². The van der Waals surface area contributed by atoms with Crippen LogP contribution in [-0.4, -0.2) is 22.4 Å². The molecule has 1 atom stereocenters. The quantitative estimate of drug-likeness (QED) is 0.595. The van der Waals surface area contributed by atoms with E-state index in [0.29, 0.717) is 0 Å². The number of hydrogen-bond donors (Lipinski definition) is 2. The summed E-state index contributed by atoms with van der Waals surface area (Å²) in [4.78, 5) is 0. The van der Waals surface area contributed by atoms with Crippen molar-refractivity contribution < 1.29 is 10.2 Å². The summed E-state index contributed by atoms with van der Waals surface area (Å²) >= 11 is 0. The van der Waals surface area contributed by atoms with Crippen molar-refractivity contribution in [3.05, 3.63) is 0 Å². The summed E-state index contributed by atoms with van der Waals surface area (Å²) in [6, 6.07) is 0. The molecule has 0 aliphatic rings. The first-order valence-corrected chi connectivity index (χ1v) is 3.35. The molecule has 0 saturated carbocycles. The summed E-state index contributed by atoms with van der Waals surface area (Å²) in [5.74, 6) is 0.0116. The molecule has 0 aromatic heterocycles. The number of rotatable bonds is 3. The van der Waals surface area contributed by atoms with E-state index < -0.39 is 5.60 Å². The van der Waals surface area contributed by atoms with Gasteiger partial charge in [0, 0.05) is 12.5 Å². The standard InChI is InChI=1S/C7H16O2/c1-4-6(5-8)7(2,3)9/h6,8-9H,4-5H2,1-3H3/t6-/m0/s1. The molecule has 2 N–H and O–H groups in total. The van der Waals surface area contributed by atoms with Crippen LogP contribution in [0.1, 0.15) is 27.2 Å². The lowest BCUT2D eigenvalue weighted by Gasteiger charge is -2.26. The van der Waals surface area contributed by atoms with Crippen LogP contribution in [-0.2, 0) is 0 Å². The number of hydrogen-bond acceptors (Lipinski definition) is 2. The minimum atomic E-state index is -0.733. The molecule has 0 bridgehead atoms. The van der Waals surface area contributed by atoms with Crippen molar-refractivity contribution in [2.75, 3.05) is 6.61 Å². The Morgan fingerprint density at radius 1 is 1.44 bits per heavy atom. The van der Waals surface area contributed by atoms with Crippen molar-refractivity contribution in [2.45, 2.75) is 32.8 Å². The molecule has 0 aliphatic carbocycles. The van der Waals surface area contributed by atoms with Crippen LogP contribution in [0.4, 0.5) is 0 Å². The van der Waals surface area contributed by atoms with Crippen molar-refractivity contribution in [2.24, 2.45) is 5.92 Å². The van der Waals surface area contributed by atoms with E-state index in [1.54, 1.807) is 13.8 Å². The van der Waals surface area contributed by atoms with E-state index in [0.717, 1.165) is 6.42 Å². The monoisotopic (exact) mass is 132 g/mol. The summed E-state index contributed by atoms with van der Waals surface area (Å²) < 4.78 is 0. The van der Waals surface area contributed by atoms with E-state index in [-0.39, 0.29) is 12.5 Å². The van der Waals surface area contributed by atoms with E-state index in [1.165, 1.54) is 0 Å². The minimum Gasteiger partial charge on any atom is -0.396 e. The van der Waals surface area contributed by atoms with Crippen molar-refractivity contribution in [1.29, 1.82) is 0 Å². The zero-order valence-electron chi connectivity index (χ0n) is 6.39. The first-order valence-electron chi connectivity index (χ1n) is 3.35. The van der Waals surface area contributed by atoms with Crippen molar-refractivity contribution in [3.63, 3.8) is 0 Å². The fourth-order valence-electron chi connectivity index (χ4n) is 0.852. The van der Waals surface area contributed by atoms with Gasteiger partial charge in [0.25, 0.3) is 0 Å². The molecule has 0 spiro atoms. The molecule has 0 aromatic carbocycles. The van der Waals surface area contributed by atoms with Crippen LogP contribution < -0.4 is 0 Å². The molecule has 0 fully saturated rings. The molecule has 56 valence electrons. The minimum absolute atomic E-state index is 0.0116. The maximum atomic E-state index is 9.32. The van der Waals surface area contributed by atoms with Gasteiger partial charge in [-0.15, -0.1) is 0 Å². The van der Waals surface area contributed by atoms with Crippen molar-refractivity contribution in [3.8, 4) is 0 Å². The van der Waals surface area contributed by atoms with E-state index >= 15 is 0 Å². The Bertz CT molecular complexity index is 69.5. The van der Waals surface area contributed by atoms with E-state index in [4.69, 9.17) is 5.11 Å². The fraction of sp³-hybridized carbons (Fsp3) is 1.00. The van der Waals surface area contributed by atoms with Crippen LogP contribution in [0.15, 0.2) is 0 Å². The summed E-state index contributed by atoms with van der Waals surface area (Å²) in [5, 5.41) is 18.0. The smallest absolute Gasteiger partial charge is 0.0641 e. The Morgan fingerprint density at radius 3 is 1.89 bits per heavy atom. The van der Waals surface area contributed by atoms with Crippen molar-refractivity contribution >= 4 is 0 Å². The largest absolute Gasteiger partial charge is 0.396 e. The van der Waals surface area contributed by atoms with Gasteiger partial charge in [0.05, 0.1) is 5.60 Å². The highest BCUT2D eigenvalue weighted by atomic mass is 16.3. The number of aliphatic hydroxyl groups is 2.